The highest BCUT2D eigenvalue weighted by Gasteiger charge is 2.46. The largest absolute Gasteiger partial charge is 0.507 e. The van der Waals surface area contributed by atoms with Gasteiger partial charge in [-0.15, -0.1) is 0 Å². The highest BCUT2D eigenvalue weighted by atomic mass is 16.5. The van der Waals surface area contributed by atoms with Crippen LogP contribution in [0.15, 0.2) is 48.0 Å². The Bertz CT molecular complexity index is 1110. The topological polar surface area (TPSA) is 109 Å². The number of aromatic hydroxyl groups is 1. The van der Waals surface area contributed by atoms with E-state index in [0.717, 1.165) is 19.6 Å². The van der Waals surface area contributed by atoms with Gasteiger partial charge in [0.25, 0.3) is 11.7 Å². The second kappa shape index (κ2) is 10.8. The summed E-state index contributed by atoms with van der Waals surface area (Å²) in [4.78, 5) is 30.1. The predicted molar refractivity (Wildman–Crippen MR) is 129 cm³/mol. The summed E-state index contributed by atoms with van der Waals surface area (Å²) in [5.74, 6) is -0.925. The molecule has 2 N–H and O–H groups in total. The molecule has 2 aromatic carbocycles. The maximum atomic E-state index is 13.2. The number of carbonyl (C=O) groups is 2. The predicted octanol–water partition coefficient (Wildman–Crippen LogP) is 2.55. The van der Waals surface area contributed by atoms with Crippen molar-refractivity contribution in [3.63, 3.8) is 0 Å². The number of amides is 1. The van der Waals surface area contributed by atoms with Crippen molar-refractivity contribution in [3.8, 4) is 17.2 Å². The van der Waals surface area contributed by atoms with Crippen LogP contribution in [-0.2, 0) is 14.3 Å². The minimum atomic E-state index is -0.823. The fourth-order valence-electron chi connectivity index (χ4n) is 4.52. The molecule has 0 aliphatic carbocycles. The van der Waals surface area contributed by atoms with Gasteiger partial charge >= 0.3 is 0 Å². The number of phenols is 1. The Morgan fingerprint density at radius 3 is 2.40 bits per heavy atom. The molecule has 0 unspecified atom stereocenters. The van der Waals surface area contributed by atoms with Gasteiger partial charge in [-0.25, -0.2) is 0 Å². The van der Waals surface area contributed by atoms with Gasteiger partial charge < -0.3 is 29.3 Å². The number of aliphatic hydroxyl groups excluding tert-OH is 1. The fraction of sp³-hybridized carbons (Fsp3) is 0.385. The Balaban J connectivity index is 1.70. The average molecular weight is 483 g/mol. The first kappa shape index (κ1) is 24.6. The monoisotopic (exact) mass is 482 g/mol. The molecule has 0 bridgehead atoms. The maximum Gasteiger partial charge on any atom is 0.295 e. The minimum absolute atomic E-state index is 0.000665. The number of phenolic OH excluding ortho intramolecular Hbond substituents is 1. The Morgan fingerprint density at radius 1 is 1.03 bits per heavy atom. The van der Waals surface area contributed by atoms with Gasteiger partial charge in [0.2, 0.25) is 0 Å². The number of morpholine rings is 1. The summed E-state index contributed by atoms with van der Waals surface area (Å²) in [7, 11) is 2.96. The van der Waals surface area contributed by atoms with Crippen LogP contribution in [0.5, 0.6) is 17.2 Å². The molecule has 186 valence electrons. The quantitative estimate of drug-likeness (QED) is 0.336. The number of benzene rings is 2. The number of ketones is 1. The molecule has 1 atom stereocenters. The second-order valence-electron chi connectivity index (χ2n) is 8.46. The summed E-state index contributed by atoms with van der Waals surface area (Å²) in [6.07, 6.45) is 0.654. The molecule has 2 aromatic rings. The van der Waals surface area contributed by atoms with Gasteiger partial charge in [0.1, 0.15) is 11.5 Å². The molecule has 0 saturated carbocycles. The number of carbonyl (C=O) groups excluding carboxylic acids is 2. The molecule has 0 spiro atoms. The highest BCUT2D eigenvalue weighted by Crippen LogP contribution is 2.42. The zero-order chi connectivity index (χ0) is 24.9. The first-order chi connectivity index (χ1) is 16.9. The normalized spacial score (nSPS) is 20.3. The lowest BCUT2D eigenvalue weighted by Gasteiger charge is -2.29. The van der Waals surface area contributed by atoms with Crippen molar-refractivity contribution in [1.82, 2.24) is 9.80 Å². The van der Waals surface area contributed by atoms with Crippen molar-refractivity contribution in [2.24, 2.45) is 0 Å². The lowest BCUT2D eigenvalue weighted by atomic mass is 9.95. The van der Waals surface area contributed by atoms with E-state index < -0.39 is 17.7 Å². The molecule has 35 heavy (non-hydrogen) atoms. The lowest BCUT2D eigenvalue weighted by Crippen LogP contribution is -2.38. The van der Waals surface area contributed by atoms with Gasteiger partial charge in [-0.05, 0) is 48.4 Å². The number of Topliss-reactive ketones (excluding diaryl/α,β-unsaturated/α-hetero) is 1. The van der Waals surface area contributed by atoms with Gasteiger partial charge in [-0.1, -0.05) is 6.07 Å². The first-order valence-corrected chi connectivity index (χ1v) is 11.5. The van der Waals surface area contributed by atoms with E-state index in [4.69, 9.17) is 14.2 Å². The number of aliphatic hydroxyl groups is 1. The molecule has 0 radical (unpaired) electrons. The third-order valence-corrected chi connectivity index (χ3v) is 6.40. The van der Waals surface area contributed by atoms with Crippen LogP contribution >= 0.6 is 0 Å². The van der Waals surface area contributed by atoms with Crippen molar-refractivity contribution >= 4 is 17.4 Å². The van der Waals surface area contributed by atoms with E-state index in [-0.39, 0.29) is 22.8 Å². The summed E-state index contributed by atoms with van der Waals surface area (Å²) in [5.41, 5.74) is 0.951. The van der Waals surface area contributed by atoms with E-state index in [1.54, 1.807) is 36.4 Å². The maximum absolute atomic E-state index is 13.2. The Labute approximate surface area is 204 Å². The number of hydrogen-bond acceptors (Lipinski definition) is 8. The fourth-order valence-corrected chi connectivity index (χ4v) is 4.52. The van der Waals surface area contributed by atoms with Gasteiger partial charge in [0, 0.05) is 31.7 Å². The standard InChI is InChI=1S/C26H30N2O7/c1-33-19-7-4-17(5-8-19)24(30)22-23(18-6-9-20(29)21(16-18)34-2)28(26(32)25(22)31)11-3-10-27-12-14-35-15-13-27/h4-9,16,23,29-30H,3,10-15H2,1-2H3/t23-/m0/s1. The Kier molecular flexibility index (Phi) is 7.57. The number of likely N-dealkylation sites (tertiary alicyclic amines) is 1. The van der Waals surface area contributed by atoms with E-state index in [9.17, 15) is 19.8 Å². The Hall–Kier alpha value is -3.56. The Morgan fingerprint density at radius 2 is 1.74 bits per heavy atom. The lowest BCUT2D eigenvalue weighted by molar-refractivity contribution is -0.140. The summed E-state index contributed by atoms with van der Waals surface area (Å²) in [6, 6.07) is 10.5. The summed E-state index contributed by atoms with van der Waals surface area (Å²) >= 11 is 0. The van der Waals surface area contributed by atoms with Crippen molar-refractivity contribution in [2.45, 2.75) is 12.5 Å². The summed E-state index contributed by atoms with van der Waals surface area (Å²) in [5, 5.41) is 21.2. The number of rotatable bonds is 8. The molecule has 1 amide bonds. The molecule has 0 aromatic heterocycles. The number of ether oxygens (including phenoxy) is 3. The second-order valence-corrected chi connectivity index (χ2v) is 8.46. The van der Waals surface area contributed by atoms with E-state index >= 15 is 0 Å². The van der Waals surface area contributed by atoms with Crippen LogP contribution in [0.3, 0.4) is 0 Å². The molecule has 4 rings (SSSR count). The van der Waals surface area contributed by atoms with E-state index in [1.165, 1.54) is 25.2 Å². The third kappa shape index (κ3) is 5.11. The molecule has 2 aliphatic heterocycles. The van der Waals surface area contributed by atoms with Crippen LogP contribution in [0.1, 0.15) is 23.6 Å². The van der Waals surface area contributed by atoms with Crippen LogP contribution < -0.4 is 9.47 Å². The molecule has 2 aliphatic rings. The van der Waals surface area contributed by atoms with Gasteiger partial charge in [0.15, 0.2) is 11.5 Å². The number of methoxy groups -OCH3 is 2. The van der Waals surface area contributed by atoms with Gasteiger partial charge in [-0.2, -0.15) is 0 Å². The van der Waals surface area contributed by atoms with Crippen molar-refractivity contribution in [1.29, 1.82) is 0 Å². The van der Waals surface area contributed by atoms with E-state index in [1.807, 2.05) is 0 Å². The van der Waals surface area contributed by atoms with Crippen LogP contribution in [0, 0.1) is 0 Å². The number of nitrogens with zero attached hydrogens (tertiary/aromatic N) is 2. The van der Waals surface area contributed by atoms with E-state index in [0.29, 0.717) is 43.1 Å². The molecule has 2 saturated heterocycles. The van der Waals surface area contributed by atoms with Crippen LogP contribution in [0.25, 0.3) is 5.76 Å². The zero-order valence-corrected chi connectivity index (χ0v) is 19.9. The molecular formula is C26H30N2O7. The van der Waals surface area contributed by atoms with Crippen LogP contribution in [0.2, 0.25) is 0 Å². The molecule has 9 heteroatoms. The van der Waals surface area contributed by atoms with E-state index in [2.05, 4.69) is 4.90 Å². The molecule has 2 fully saturated rings. The molecule has 2 heterocycles. The van der Waals surface area contributed by atoms with Crippen molar-refractivity contribution < 1.29 is 34.0 Å². The smallest absolute Gasteiger partial charge is 0.295 e. The summed E-state index contributed by atoms with van der Waals surface area (Å²) in [6.45, 7) is 4.11. The average Bonchev–Trinajstić information content (AvgIpc) is 3.14. The minimum Gasteiger partial charge on any atom is -0.507 e. The molecule has 9 nitrogen and oxygen atoms in total. The van der Waals surface area contributed by atoms with Gasteiger partial charge in [0.05, 0.1) is 39.0 Å². The van der Waals surface area contributed by atoms with Crippen LogP contribution in [-0.4, -0.2) is 85.3 Å². The third-order valence-electron chi connectivity index (χ3n) is 6.40. The molecular weight excluding hydrogens is 452 g/mol. The number of hydrogen-bond donors (Lipinski definition) is 2. The zero-order valence-electron chi connectivity index (χ0n) is 19.9. The SMILES string of the molecule is COc1ccc(C(O)=C2C(=O)C(=O)N(CCCN3CCOCC3)[C@H]2c2ccc(O)c(OC)c2)cc1. The van der Waals surface area contributed by atoms with Crippen molar-refractivity contribution in [3.05, 3.63) is 59.2 Å². The summed E-state index contributed by atoms with van der Waals surface area (Å²) < 4.78 is 15.8. The van der Waals surface area contributed by atoms with Crippen LogP contribution in [0.4, 0.5) is 0 Å². The van der Waals surface area contributed by atoms with Crippen molar-refractivity contribution in [2.75, 3.05) is 53.6 Å². The first-order valence-electron chi connectivity index (χ1n) is 11.5. The highest BCUT2D eigenvalue weighted by molar-refractivity contribution is 6.46. The van der Waals surface area contributed by atoms with Gasteiger partial charge in [-0.3, -0.25) is 14.5 Å².